The number of carbonyl (C=O) groups excluding carboxylic acids is 1. The molecule has 1 amide bonds. The van der Waals surface area contributed by atoms with E-state index in [4.69, 9.17) is 16.3 Å². The van der Waals surface area contributed by atoms with Gasteiger partial charge in [0, 0.05) is 6.07 Å². The minimum Gasteiger partial charge on any atom is -0.444 e. The summed E-state index contributed by atoms with van der Waals surface area (Å²) in [6.45, 7) is 5.20. The highest BCUT2D eigenvalue weighted by molar-refractivity contribution is 6.31. The molecular weight excluding hydrogens is 235 g/mol. The average Bonchev–Trinajstić information content (AvgIpc) is 2.08. The van der Waals surface area contributed by atoms with Crippen molar-refractivity contribution in [3.63, 3.8) is 0 Å². The van der Waals surface area contributed by atoms with Crippen molar-refractivity contribution in [3.8, 4) is 0 Å². The molecular formula is C10H12ClFN2O2. The Balaban J connectivity index is 2.67. The number of nitrogens with one attached hydrogen (secondary N) is 1. The van der Waals surface area contributed by atoms with Crippen LogP contribution in [0.1, 0.15) is 20.8 Å². The predicted octanol–water partition coefficient (Wildman–Crippen LogP) is 3.22. The number of rotatable bonds is 1. The summed E-state index contributed by atoms with van der Waals surface area (Å²) in [5, 5.41) is 2.23. The number of hydrogen-bond acceptors (Lipinski definition) is 3. The number of amides is 1. The third kappa shape index (κ3) is 4.02. The first-order valence-electron chi connectivity index (χ1n) is 4.59. The summed E-state index contributed by atoms with van der Waals surface area (Å²) in [5.41, 5.74) is -0.603. The summed E-state index contributed by atoms with van der Waals surface area (Å²) in [6.07, 6.45) is 0.261. The smallest absolute Gasteiger partial charge is 0.413 e. The van der Waals surface area contributed by atoms with Crippen molar-refractivity contribution < 1.29 is 13.9 Å². The van der Waals surface area contributed by atoms with E-state index in [0.717, 1.165) is 6.20 Å². The van der Waals surface area contributed by atoms with Gasteiger partial charge in [-0.15, -0.1) is 0 Å². The molecule has 6 heteroatoms. The monoisotopic (exact) mass is 246 g/mol. The van der Waals surface area contributed by atoms with Gasteiger partial charge in [-0.1, -0.05) is 11.6 Å². The maximum absolute atomic E-state index is 12.8. The fourth-order valence-electron chi connectivity index (χ4n) is 0.891. The Morgan fingerprint density at radius 1 is 1.56 bits per heavy atom. The molecule has 88 valence electrons. The van der Waals surface area contributed by atoms with Crippen LogP contribution in [0.25, 0.3) is 0 Å². The van der Waals surface area contributed by atoms with Crippen LogP contribution in [0.5, 0.6) is 0 Å². The van der Waals surface area contributed by atoms with E-state index in [2.05, 4.69) is 10.3 Å². The maximum atomic E-state index is 12.8. The van der Waals surface area contributed by atoms with E-state index in [1.54, 1.807) is 20.8 Å². The lowest BCUT2D eigenvalue weighted by atomic mass is 10.2. The van der Waals surface area contributed by atoms with Gasteiger partial charge in [-0.05, 0) is 20.8 Å². The van der Waals surface area contributed by atoms with E-state index in [-0.39, 0.29) is 10.8 Å². The van der Waals surface area contributed by atoms with Crippen molar-refractivity contribution in [1.82, 2.24) is 4.98 Å². The molecule has 0 saturated heterocycles. The number of nitrogens with zero attached hydrogens (tertiary/aromatic N) is 1. The lowest BCUT2D eigenvalue weighted by Crippen LogP contribution is -2.27. The van der Waals surface area contributed by atoms with E-state index in [1.807, 2.05) is 0 Å². The van der Waals surface area contributed by atoms with Gasteiger partial charge in [0.2, 0.25) is 0 Å². The fraction of sp³-hybridized carbons (Fsp3) is 0.400. The zero-order chi connectivity index (χ0) is 12.3. The second-order valence-electron chi connectivity index (χ2n) is 4.11. The zero-order valence-electron chi connectivity index (χ0n) is 9.17. The van der Waals surface area contributed by atoms with E-state index in [9.17, 15) is 9.18 Å². The van der Waals surface area contributed by atoms with Crippen LogP contribution in [0.15, 0.2) is 12.3 Å². The molecule has 0 aliphatic heterocycles. The minimum atomic E-state index is -0.664. The summed E-state index contributed by atoms with van der Waals surface area (Å²) in [7, 11) is 0. The highest BCUT2D eigenvalue weighted by Gasteiger charge is 2.16. The second-order valence-corrected chi connectivity index (χ2v) is 4.52. The molecule has 1 rings (SSSR count). The Labute approximate surface area is 97.8 Å². The molecule has 16 heavy (non-hydrogen) atoms. The van der Waals surface area contributed by atoms with Gasteiger partial charge in [-0.25, -0.2) is 14.2 Å². The molecule has 0 bridgehead atoms. The average molecular weight is 247 g/mol. The van der Waals surface area contributed by atoms with Gasteiger partial charge >= 0.3 is 6.09 Å². The van der Waals surface area contributed by atoms with Crippen LogP contribution in [0.4, 0.5) is 15.0 Å². The molecule has 0 fully saturated rings. The summed E-state index contributed by atoms with van der Waals surface area (Å²) >= 11 is 5.52. The quantitative estimate of drug-likeness (QED) is 0.828. The van der Waals surface area contributed by atoms with Gasteiger partial charge in [0.25, 0.3) is 0 Å². The van der Waals surface area contributed by atoms with Gasteiger partial charge < -0.3 is 4.74 Å². The molecule has 1 heterocycles. The van der Waals surface area contributed by atoms with Crippen molar-refractivity contribution >= 4 is 23.5 Å². The van der Waals surface area contributed by atoms with Crippen molar-refractivity contribution in [1.29, 1.82) is 0 Å². The van der Waals surface area contributed by atoms with Crippen LogP contribution in [0.3, 0.4) is 0 Å². The van der Waals surface area contributed by atoms with Gasteiger partial charge in [-0.2, -0.15) is 0 Å². The molecule has 0 atom stereocenters. The number of aromatic nitrogens is 1. The first-order chi connectivity index (χ1) is 7.28. The SMILES string of the molecule is CC(C)(C)OC(=O)Nc1cc(Cl)c(F)cn1. The molecule has 1 aromatic heterocycles. The first-order valence-corrected chi connectivity index (χ1v) is 4.97. The number of hydrogen-bond donors (Lipinski definition) is 1. The summed E-state index contributed by atoms with van der Waals surface area (Å²) in [4.78, 5) is 15.0. The zero-order valence-corrected chi connectivity index (χ0v) is 9.93. The molecule has 0 unspecified atom stereocenters. The normalized spacial score (nSPS) is 11.1. The van der Waals surface area contributed by atoms with Gasteiger partial charge in [0.15, 0.2) is 5.82 Å². The van der Waals surface area contributed by atoms with Crippen LogP contribution in [-0.2, 0) is 4.74 Å². The molecule has 0 aliphatic rings. The fourth-order valence-corrected chi connectivity index (χ4v) is 1.04. The van der Waals surface area contributed by atoms with Crippen LogP contribution in [-0.4, -0.2) is 16.7 Å². The molecule has 0 aliphatic carbocycles. The van der Waals surface area contributed by atoms with Crippen LogP contribution < -0.4 is 5.32 Å². The number of carbonyl (C=O) groups is 1. The first kappa shape index (κ1) is 12.7. The molecule has 0 saturated carbocycles. The Hall–Kier alpha value is -1.36. The second kappa shape index (κ2) is 4.65. The number of anilines is 1. The van der Waals surface area contributed by atoms with Gasteiger partial charge in [0.1, 0.15) is 11.4 Å². The highest BCUT2D eigenvalue weighted by Crippen LogP contribution is 2.17. The Morgan fingerprint density at radius 2 is 2.19 bits per heavy atom. The Morgan fingerprint density at radius 3 is 2.69 bits per heavy atom. The lowest BCUT2D eigenvalue weighted by Gasteiger charge is -2.19. The standard InChI is InChI=1S/C10H12ClFN2O2/c1-10(2,3)16-9(15)14-8-4-6(11)7(12)5-13-8/h4-5H,1-3H3,(H,13,14,15). The van der Waals surface area contributed by atoms with E-state index in [0.29, 0.717) is 0 Å². The van der Waals surface area contributed by atoms with Crippen LogP contribution in [0, 0.1) is 5.82 Å². The van der Waals surface area contributed by atoms with Crippen molar-refractivity contribution in [2.24, 2.45) is 0 Å². The Bertz CT molecular complexity index is 404. The predicted molar refractivity (Wildman–Crippen MR) is 59.1 cm³/mol. The summed E-state index contributed by atoms with van der Waals surface area (Å²) in [5.74, 6) is -0.503. The van der Waals surface area contributed by atoms with E-state index < -0.39 is 17.5 Å². The van der Waals surface area contributed by atoms with E-state index >= 15 is 0 Å². The Kier molecular flexibility index (Phi) is 3.70. The molecule has 4 nitrogen and oxygen atoms in total. The number of ether oxygens (including phenoxy) is 1. The third-order valence-electron chi connectivity index (χ3n) is 1.44. The van der Waals surface area contributed by atoms with E-state index in [1.165, 1.54) is 6.07 Å². The topological polar surface area (TPSA) is 51.2 Å². The number of pyridine rings is 1. The molecule has 0 spiro atoms. The lowest BCUT2D eigenvalue weighted by molar-refractivity contribution is 0.0635. The maximum Gasteiger partial charge on any atom is 0.413 e. The molecule has 0 aromatic carbocycles. The molecule has 1 aromatic rings. The molecule has 0 radical (unpaired) electrons. The third-order valence-corrected chi connectivity index (χ3v) is 1.73. The summed E-state index contributed by atoms with van der Waals surface area (Å²) < 4.78 is 17.8. The highest BCUT2D eigenvalue weighted by atomic mass is 35.5. The van der Waals surface area contributed by atoms with Gasteiger partial charge in [-0.3, -0.25) is 5.32 Å². The number of halogens is 2. The van der Waals surface area contributed by atoms with Crippen molar-refractivity contribution in [2.45, 2.75) is 26.4 Å². The van der Waals surface area contributed by atoms with Crippen LogP contribution >= 0.6 is 11.6 Å². The van der Waals surface area contributed by atoms with Crippen molar-refractivity contribution in [3.05, 3.63) is 23.1 Å². The largest absolute Gasteiger partial charge is 0.444 e. The minimum absolute atomic E-state index is 0.110. The van der Waals surface area contributed by atoms with Crippen molar-refractivity contribution in [2.75, 3.05) is 5.32 Å². The summed E-state index contributed by atoms with van der Waals surface area (Å²) in [6, 6.07) is 1.21. The van der Waals surface area contributed by atoms with Crippen LogP contribution in [0.2, 0.25) is 5.02 Å². The molecule has 1 N–H and O–H groups in total. The van der Waals surface area contributed by atoms with Gasteiger partial charge in [0.05, 0.1) is 11.2 Å².